The molecule has 0 aliphatic carbocycles. The molecule has 3 N–H and O–H groups in total. The van der Waals surface area contributed by atoms with Crippen molar-refractivity contribution in [2.45, 2.75) is 25.7 Å². The van der Waals surface area contributed by atoms with Gasteiger partial charge in [0.25, 0.3) is 17.5 Å². The Balaban J connectivity index is 2.09. The van der Waals surface area contributed by atoms with Crippen LogP contribution >= 0.6 is 0 Å². The van der Waals surface area contributed by atoms with Crippen LogP contribution in [0.4, 0.5) is 5.69 Å². The SMILES string of the molecule is O=C(O)CCCCCNC(=O)/C(=C/c1cccc([N+](=O)[O-])c1)NC(=O)c1ccco1. The average Bonchev–Trinajstić information content (AvgIpc) is 3.25. The van der Waals surface area contributed by atoms with E-state index < -0.39 is 22.7 Å². The maximum Gasteiger partial charge on any atom is 0.303 e. The number of non-ortho nitro benzene ring substituents is 1. The Morgan fingerprint density at radius 1 is 1.13 bits per heavy atom. The van der Waals surface area contributed by atoms with Gasteiger partial charge >= 0.3 is 5.97 Å². The van der Waals surface area contributed by atoms with Crippen molar-refractivity contribution in [1.82, 2.24) is 10.6 Å². The van der Waals surface area contributed by atoms with Crippen molar-refractivity contribution in [2.24, 2.45) is 0 Å². The van der Waals surface area contributed by atoms with Gasteiger partial charge in [0, 0.05) is 25.1 Å². The minimum Gasteiger partial charge on any atom is -0.481 e. The fourth-order valence-corrected chi connectivity index (χ4v) is 2.52. The highest BCUT2D eigenvalue weighted by Crippen LogP contribution is 2.15. The maximum atomic E-state index is 12.6. The van der Waals surface area contributed by atoms with E-state index >= 15 is 0 Å². The molecule has 2 aromatic rings. The van der Waals surface area contributed by atoms with Crippen molar-refractivity contribution in [3.05, 3.63) is 69.8 Å². The number of carboxylic acid groups (broad SMARTS) is 1. The number of benzene rings is 1. The summed E-state index contributed by atoms with van der Waals surface area (Å²) in [5.41, 5.74) is 0.0947. The van der Waals surface area contributed by atoms with Crippen LogP contribution < -0.4 is 10.6 Å². The van der Waals surface area contributed by atoms with Crippen LogP contribution in [0.1, 0.15) is 41.8 Å². The Morgan fingerprint density at radius 2 is 1.93 bits per heavy atom. The van der Waals surface area contributed by atoms with Crippen LogP contribution in [0.2, 0.25) is 0 Å². The Morgan fingerprint density at radius 3 is 2.60 bits per heavy atom. The van der Waals surface area contributed by atoms with Gasteiger partial charge in [-0.25, -0.2) is 0 Å². The molecular formula is C20H21N3O7. The second kappa shape index (κ2) is 11.1. The molecule has 0 bridgehead atoms. The second-order valence-corrected chi connectivity index (χ2v) is 6.30. The minimum absolute atomic E-state index is 0.00131. The zero-order valence-electron chi connectivity index (χ0n) is 16.0. The molecule has 0 atom stereocenters. The molecular weight excluding hydrogens is 394 g/mol. The van der Waals surface area contributed by atoms with Gasteiger partial charge in [0.1, 0.15) is 5.70 Å². The lowest BCUT2D eigenvalue weighted by atomic mass is 10.1. The van der Waals surface area contributed by atoms with Gasteiger partial charge in [-0.15, -0.1) is 0 Å². The van der Waals surface area contributed by atoms with Gasteiger partial charge < -0.3 is 20.2 Å². The summed E-state index contributed by atoms with van der Waals surface area (Å²) >= 11 is 0. The third kappa shape index (κ3) is 7.23. The second-order valence-electron chi connectivity index (χ2n) is 6.30. The summed E-state index contributed by atoms with van der Waals surface area (Å²) in [5, 5.41) is 24.7. The van der Waals surface area contributed by atoms with Crippen LogP contribution in [0.15, 0.2) is 52.8 Å². The van der Waals surface area contributed by atoms with Crippen LogP contribution in [-0.2, 0) is 9.59 Å². The lowest BCUT2D eigenvalue weighted by Gasteiger charge is -2.10. The van der Waals surface area contributed by atoms with E-state index in [1.165, 1.54) is 42.7 Å². The molecule has 1 heterocycles. The van der Waals surface area contributed by atoms with Gasteiger partial charge in [0.05, 0.1) is 11.2 Å². The number of carbonyl (C=O) groups excluding carboxylic acids is 2. The predicted octanol–water partition coefficient (Wildman–Crippen LogP) is 2.72. The van der Waals surface area contributed by atoms with E-state index in [-0.39, 0.29) is 30.1 Å². The maximum absolute atomic E-state index is 12.6. The van der Waals surface area contributed by atoms with Crippen molar-refractivity contribution >= 4 is 29.5 Å². The van der Waals surface area contributed by atoms with Gasteiger partial charge in [-0.05, 0) is 36.6 Å². The van der Waals surface area contributed by atoms with E-state index in [0.29, 0.717) is 24.8 Å². The Hall–Kier alpha value is -3.95. The lowest BCUT2D eigenvalue weighted by molar-refractivity contribution is -0.384. The molecule has 30 heavy (non-hydrogen) atoms. The standard InChI is InChI=1S/C20H21N3O7/c24-18(25)9-2-1-3-10-21-19(26)16(22-20(27)17-8-5-11-30-17)13-14-6-4-7-15(12-14)23(28)29/h4-8,11-13H,1-3,9-10H2,(H,21,26)(H,22,27)(H,24,25)/b16-13-. The molecule has 10 heteroatoms. The fraction of sp³-hybridized carbons (Fsp3) is 0.250. The summed E-state index contributed by atoms with van der Waals surface area (Å²) in [6.45, 7) is 0.279. The Bertz CT molecular complexity index is 936. The van der Waals surface area contributed by atoms with Gasteiger partial charge in [0.2, 0.25) is 0 Å². The van der Waals surface area contributed by atoms with Crippen LogP contribution in [-0.4, -0.2) is 34.4 Å². The Labute approximate surface area is 171 Å². The summed E-state index contributed by atoms with van der Waals surface area (Å²) in [6.07, 6.45) is 4.38. The fourth-order valence-electron chi connectivity index (χ4n) is 2.52. The monoisotopic (exact) mass is 415 g/mol. The molecule has 0 radical (unpaired) electrons. The van der Waals surface area contributed by atoms with E-state index in [2.05, 4.69) is 10.6 Å². The zero-order valence-corrected chi connectivity index (χ0v) is 16.0. The first-order valence-corrected chi connectivity index (χ1v) is 9.18. The van der Waals surface area contributed by atoms with E-state index in [9.17, 15) is 24.5 Å². The molecule has 1 aromatic heterocycles. The number of aliphatic carboxylic acids is 1. The normalized spacial score (nSPS) is 11.0. The number of amides is 2. The number of nitro benzene ring substituents is 1. The van der Waals surface area contributed by atoms with E-state index in [1.807, 2.05) is 0 Å². The topological polar surface area (TPSA) is 152 Å². The third-order valence-corrected chi connectivity index (χ3v) is 3.98. The number of rotatable bonds is 11. The molecule has 0 aliphatic heterocycles. The summed E-state index contributed by atoms with van der Waals surface area (Å²) in [6, 6.07) is 8.58. The van der Waals surface area contributed by atoms with Crippen LogP contribution in [0.25, 0.3) is 6.08 Å². The minimum atomic E-state index is -0.873. The van der Waals surface area contributed by atoms with Gasteiger partial charge in [-0.3, -0.25) is 24.5 Å². The highest BCUT2D eigenvalue weighted by Gasteiger charge is 2.16. The smallest absolute Gasteiger partial charge is 0.303 e. The number of hydrogen-bond donors (Lipinski definition) is 3. The summed E-state index contributed by atoms with van der Waals surface area (Å²) in [7, 11) is 0. The highest BCUT2D eigenvalue weighted by atomic mass is 16.6. The summed E-state index contributed by atoms with van der Waals surface area (Å²) in [5.74, 6) is -2.10. The molecule has 10 nitrogen and oxygen atoms in total. The van der Waals surface area contributed by atoms with Gasteiger partial charge in [-0.1, -0.05) is 18.6 Å². The quantitative estimate of drug-likeness (QED) is 0.221. The number of furan rings is 1. The Kier molecular flexibility index (Phi) is 8.30. The van der Waals surface area contributed by atoms with Crippen molar-refractivity contribution in [2.75, 3.05) is 6.54 Å². The predicted molar refractivity (Wildman–Crippen MR) is 106 cm³/mol. The van der Waals surface area contributed by atoms with E-state index in [4.69, 9.17) is 9.52 Å². The molecule has 0 saturated heterocycles. The third-order valence-electron chi connectivity index (χ3n) is 3.98. The number of hydrogen-bond acceptors (Lipinski definition) is 6. The van der Waals surface area contributed by atoms with Gasteiger partial charge in [0.15, 0.2) is 5.76 Å². The summed E-state index contributed by atoms with van der Waals surface area (Å²) < 4.78 is 5.01. The molecule has 0 fully saturated rings. The molecule has 0 spiro atoms. The number of nitrogens with one attached hydrogen (secondary N) is 2. The molecule has 2 amide bonds. The van der Waals surface area contributed by atoms with Crippen molar-refractivity contribution in [1.29, 1.82) is 0 Å². The van der Waals surface area contributed by atoms with Crippen molar-refractivity contribution in [3.8, 4) is 0 Å². The van der Waals surface area contributed by atoms with Gasteiger partial charge in [-0.2, -0.15) is 0 Å². The number of carbonyl (C=O) groups is 3. The van der Waals surface area contributed by atoms with Crippen molar-refractivity contribution < 1.29 is 28.8 Å². The molecule has 0 saturated carbocycles. The zero-order chi connectivity index (χ0) is 21.9. The van der Waals surface area contributed by atoms with Crippen LogP contribution in [0.3, 0.4) is 0 Å². The van der Waals surface area contributed by atoms with Crippen molar-refractivity contribution in [3.63, 3.8) is 0 Å². The average molecular weight is 415 g/mol. The highest BCUT2D eigenvalue weighted by molar-refractivity contribution is 6.04. The molecule has 1 aromatic carbocycles. The number of nitro groups is 1. The number of carboxylic acids is 1. The van der Waals surface area contributed by atoms with Crippen LogP contribution in [0, 0.1) is 10.1 Å². The molecule has 2 rings (SSSR count). The lowest BCUT2D eigenvalue weighted by Crippen LogP contribution is -2.35. The first-order valence-electron chi connectivity index (χ1n) is 9.18. The van der Waals surface area contributed by atoms with E-state index in [0.717, 1.165) is 0 Å². The first-order chi connectivity index (χ1) is 14.4. The molecule has 158 valence electrons. The number of nitrogens with zero attached hydrogens (tertiary/aromatic N) is 1. The number of unbranched alkanes of at least 4 members (excludes halogenated alkanes) is 2. The molecule has 0 unspecified atom stereocenters. The van der Waals surface area contributed by atoms with Crippen LogP contribution in [0.5, 0.6) is 0 Å². The largest absolute Gasteiger partial charge is 0.481 e. The first kappa shape index (κ1) is 22.3. The van der Waals surface area contributed by atoms with E-state index in [1.54, 1.807) is 6.07 Å². The summed E-state index contributed by atoms with van der Waals surface area (Å²) in [4.78, 5) is 45.7. The molecule has 0 aliphatic rings.